The van der Waals surface area contributed by atoms with E-state index in [1.807, 2.05) is 0 Å². The van der Waals surface area contributed by atoms with Crippen LogP contribution in [-0.4, -0.2) is 9.55 Å². The van der Waals surface area contributed by atoms with Crippen molar-refractivity contribution in [2.75, 3.05) is 0 Å². The number of aromatic nitrogens is 2. The fraction of sp³-hybridized carbons (Fsp3) is 0.500. The van der Waals surface area contributed by atoms with Crippen LogP contribution >= 0.6 is 0 Å². The minimum absolute atomic E-state index is 0.915. The molecule has 0 bridgehead atoms. The predicted molar refractivity (Wildman–Crippen MR) is 121 cm³/mol. The maximum Gasteiger partial charge on any atom is 0.114 e. The van der Waals surface area contributed by atoms with Gasteiger partial charge in [0.1, 0.15) is 5.82 Å². The van der Waals surface area contributed by atoms with Gasteiger partial charge in [-0.25, -0.2) is 4.98 Å². The smallest absolute Gasteiger partial charge is 0.114 e. The summed E-state index contributed by atoms with van der Waals surface area (Å²) in [5.74, 6) is 1.20. The van der Waals surface area contributed by atoms with Crippen molar-refractivity contribution in [2.45, 2.75) is 84.6 Å². The summed E-state index contributed by atoms with van der Waals surface area (Å²) < 4.78 is 2.46. The van der Waals surface area contributed by atoms with Crippen LogP contribution in [-0.2, 0) is 13.0 Å². The Hall–Kier alpha value is -2.09. The Labute approximate surface area is 171 Å². The van der Waals surface area contributed by atoms with Gasteiger partial charge in [0.15, 0.2) is 0 Å². The van der Waals surface area contributed by atoms with Gasteiger partial charge in [-0.1, -0.05) is 94.7 Å². The number of aryl methyl sites for hydroxylation is 2. The zero-order valence-electron chi connectivity index (χ0n) is 17.8. The first-order chi connectivity index (χ1) is 13.8. The lowest BCUT2D eigenvalue weighted by Crippen LogP contribution is -2.06. The van der Waals surface area contributed by atoms with Gasteiger partial charge < -0.3 is 4.57 Å². The van der Waals surface area contributed by atoms with Gasteiger partial charge in [0.2, 0.25) is 0 Å². The topological polar surface area (TPSA) is 17.8 Å². The van der Waals surface area contributed by atoms with Crippen molar-refractivity contribution < 1.29 is 0 Å². The lowest BCUT2D eigenvalue weighted by Gasteiger charge is -2.11. The van der Waals surface area contributed by atoms with E-state index in [9.17, 15) is 0 Å². The molecule has 0 aliphatic carbocycles. The third kappa shape index (κ3) is 5.70. The molecular weight excluding hydrogens is 340 g/mol. The van der Waals surface area contributed by atoms with E-state index in [0.29, 0.717) is 0 Å². The highest BCUT2D eigenvalue weighted by atomic mass is 15.1. The molecule has 0 spiro atoms. The SMILES string of the molecule is CCCCCCCCCCCn1c(Cc2ccccc2C)nc2ccccc21. The zero-order chi connectivity index (χ0) is 19.6. The van der Waals surface area contributed by atoms with Crippen LogP contribution in [0, 0.1) is 6.92 Å². The monoisotopic (exact) mass is 376 g/mol. The molecule has 1 aromatic heterocycles. The first kappa shape index (κ1) is 20.6. The second-order valence-corrected chi connectivity index (χ2v) is 8.10. The van der Waals surface area contributed by atoms with E-state index >= 15 is 0 Å². The molecule has 0 radical (unpaired) electrons. The van der Waals surface area contributed by atoms with Crippen LogP contribution in [0.5, 0.6) is 0 Å². The number of imidazole rings is 1. The van der Waals surface area contributed by atoms with E-state index in [1.54, 1.807) is 0 Å². The van der Waals surface area contributed by atoms with Gasteiger partial charge in [0, 0.05) is 13.0 Å². The maximum absolute atomic E-state index is 4.97. The molecule has 0 N–H and O–H groups in total. The number of hydrogen-bond acceptors (Lipinski definition) is 1. The lowest BCUT2D eigenvalue weighted by atomic mass is 10.1. The van der Waals surface area contributed by atoms with Crippen LogP contribution in [0.25, 0.3) is 11.0 Å². The van der Waals surface area contributed by atoms with Crippen molar-refractivity contribution in [3.05, 3.63) is 65.5 Å². The summed E-state index contributed by atoms with van der Waals surface area (Å²) >= 11 is 0. The van der Waals surface area contributed by atoms with E-state index in [4.69, 9.17) is 4.98 Å². The highest BCUT2D eigenvalue weighted by Gasteiger charge is 2.11. The summed E-state index contributed by atoms with van der Waals surface area (Å²) in [6.45, 7) is 5.56. The molecule has 0 saturated carbocycles. The number of hydrogen-bond donors (Lipinski definition) is 0. The Kier molecular flexibility index (Phi) is 8.14. The van der Waals surface area contributed by atoms with E-state index in [0.717, 1.165) is 18.5 Å². The molecule has 0 saturated heterocycles. The van der Waals surface area contributed by atoms with E-state index in [2.05, 4.69) is 66.9 Å². The quantitative estimate of drug-likeness (QED) is 0.300. The Morgan fingerprint density at radius 3 is 2.14 bits per heavy atom. The van der Waals surface area contributed by atoms with Gasteiger partial charge in [-0.15, -0.1) is 0 Å². The van der Waals surface area contributed by atoms with Crippen molar-refractivity contribution in [1.29, 1.82) is 0 Å². The number of benzene rings is 2. The highest BCUT2D eigenvalue weighted by Crippen LogP contribution is 2.21. The Morgan fingerprint density at radius 2 is 1.39 bits per heavy atom. The van der Waals surface area contributed by atoms with Gasteiger partial charge in [-0.3, -0.25) is 0 Å². The van der Waals surface area contributed by atoms with Crippen LogP contribution in [0.1, 0.15) is 81.7 Å². The molecule has 0 fully saturated rings. The summed E-state index contributed by atoms with van der Waals surface area (Å²) in [6, 6.07) is 17.3. The Balaban J connectivity index is 1.58. The van der Waals surface area contributed by atoms with Crippen LogP contribution in [0.2, 0.25) is 0 Å². The molecule has 150 valence electrons. The number of para-hydroxylation sites is 2. The van der Waals surface area contributed by atoms with E-state index in [1.165, 1.54) is 80.3 Å². The summed E-state index contributed by atoms with van der Waals surface area (Å²) in [4.78, 5) is 4.97. The van der Waals surface area contributed by atoms with Gasteiger partial charge >= 0.3 is 0 Å². The Morgan fingerprint density at radius 1 is 0.750 bits per heavy atom. The minimum Gasteiger partial charge on any atom is -0.328 e. The molecule has 3 rings (SSSR count). The van der Waals surface area contributed by atoms with Crippen LogP contribution in [0.15, 0.2) is 48.5 Å². The molecule has 0 atom stereocenters. The molecule has 0 aliphatic rings. The molecule has 2 nitrogen and oxygen atoms in total. The molecule has 0 unspecified atom stereocenters. The van der Waals surface area contributed by atoms with Gasteiger partial charge in [-0.05, 0) is 36.6 Å². The molecule has 0 aliphatic heterocycles. The van der Waals surface area contributed by atoms with E-state index < -0.39 is 0 Å². The molecule has 2 aromatic carbocycles. The summed E-state index contributed by atoms with van der Waals surface area (Å²) in [5.41, 5.74) is 5.14. The number of nitrogens with zero attached hydrogens (tertiary/aromatic N) is 2. The molecular formula is C26H36N2. The van der Waals surface area contributed by atoms with Crippen molar-refractivity contribution in [3.8, 4) is 0 Å². The number of unbranched alkanes of at least 4 members (excludes halogenated alkanes) is 8. The first-order valence-corrected chi connectivity index (χ1v) is 11.3. The third-order valence-electron chi connectivity index (χ3n) is 5.83. The van der Waals surface area contributed by atoms with Gasteiger partial charge in [0.25, 0.3) is 0 Å². The zero-order valence-corrected chi connectivity index (χ0v) is 17.8. The van der Waals surface area contributed by atoms with Crippen molar-refractivity contribution >= 4 is 11.0 Å². The standard InChI is InChI=1S/C26H36N2/c1-3-4-5-6-7-8-9-10-15-20-28-25-19-14-13-18-24(25)27-26(28)21-23-17-12-11-16-22(23)2/h11-14,16-19H,3-10,15,20-21H2,1-2H3. The fourth-order valence-electron chi connectivity index (χ4n) is 4.07. The van der Waals surface area contributed by atoms with Crippen molar-refractivity contribution in [1.82, 2.24) is 9.55 Å². The predicted octanol–water partition coefficient (Wildman–Crippen LogP) is 7.47. The molecule has 28 heavy (non-hydrogen) atoms. The second kappa shape index (κ2) is 11.0. The number of fused-ring (bicyclic) bond motifs is 1. The average Bonchev–Trinajstić information content (AvgIpc) is 3.06. The summed E-state index contributed by atoms with van der Waals surface area (Å²) in [6.07, 6.45) is 13.2. The largest absolute Gasteiger partial charge is 0.328 e. The van der Waals surface area contributed by atoms with Crippen LogP contribution in [0.4, 0.5) is 0 Å². The molecule has 0 amide bonds. The number of rotatable bonds is 12. The van der Waals surface area contributed by atoms with E-state index in [-0.39, 0.29) is 0 Å². The Bertz CT molecular complexity index is 847. The first-order valence-electron chi connectivity index (χ1n) is 11.3. The highest BCUT2D eigenvalue weighted by molar-refractivity contribution is 5.76. The fourth-order valence-corrected chi connectivity index (χ4v) is 4.07. The molecule has 1 heterocycles. The normalized spacial score (nSPS) is 11.4. The third-order valence-corrected chi connectivity index (χ3v) is 5.83. The molecule has 3 aromatic rings. The van der Waals surface area contributed by atoms with Crippen molar-refractivity contribution in [3.63, 3.8) is 0 Å². The summed E-state index contributed by atoms with van der Waals surface area (Å²) in [7, 11) is 0. The van der Waals surface area contributed by atoms with Gasteiger partial charge in [0.05, 0.1) is 11.0 Å². The minimum atomic E-state index is 0.915. The average molecular weight is 377 g/mol. The summed E-state index contributed by atoms with van der Waals surface area (Å²) in [5, 5.41) is 0. The maximum atomic E-state index is 4.97. The molecule has 2 heteroatoms. The van der Waals surface area contributed by atoms with Crippen molar-refractivity contribution in [2.24, 2.45) is 0 Å². The van der Waals surface area contributed by atoms with Crippen LogP contribution in [0.3, 0.4) is 0 Å². The second-order valence-electron chi connectivity index (χ2n) is 8.10. The van der Waals surface area contributed by atoms with Crippen LogP contribution < -0.4 is 0 Å². The lowest BCUT2D eigenvalue weighted by molar-refractivity contribution is 0.537. The van der Waals surface area contributed by atoms with Gasteiger partial charge in [-0.2, -0.15) is 0 Å².